The van der Waals surface area contributed by atoms with Crippen LogP contribution in [-0.4, -0.2) is 12.1 Å². The largest absolute Gasteiger partial charge is 0.496 e. The number of rotatable bonds is 4. The fourth-order valence-electron chi connectivity index (χ4n) is 1.98. The maximum Gasteiger partial charge on any atom is 0.125 e. The smallest absolute Gasteiger partial charge is 0.125 e. The Morgan fingerprint density at radius 3 is 2.63 bits per heavy atom. The van der Waals surface area contributed by atoms with Gasteiger partial charge < -0.3 is 4.74 Å². The average Bonchev–Trinajstić information content (AvgIpc) is 2.46. The summed E-state index contributed by atoms with van der Waals surface area (Å²) in [6, 6.07) is 11.3. The molecule has 1 aromatic heterocycles. The van der Waals surface area contributed by atoms with Gasteiger partial charge in [-0.05, 0) is 24.3 Å². The van der Waals surface area contributed by atoms with Crippen LogP contribution in [0.4, 0.5) is 0 Å². The fraction of sp³-hybridized carbons (Fsp3) is 0.267. The van der Waals surface area contributed by atoms with Gasteiger partial charge in [0.25, 0.3) is 0 Å². The molecule has 1 heterocycles. The molecule has 0 radical (unpaired) electrons. The molecule has 0 aliphatic carbocycles. The molecular formula is C15H15Cl2NO. The van der Waals surface area contributed by atoms with Crippen molar-refractivity contribution in [2.75, 3.05) is 7.11 Å². The molecule has 0 saturated heterocycles. The van der Waals surface area contributed by atoms with Gasteiger partial charge in [-0.2, -0.15) is 0 Å². The Kier molecular flexibility index (Phi) is 4.67. The molecule has 0 aliphatic heterocycles. The second kappa shape index (κ2) is 6.27. The molecule has 0 bridgehead atoms. The zero-order valence-electron chi connectivity index (χ0n) is 10.8. The third kappa shape index (κ3) is 3.20. The van der Waals surface area contributed by atoms with Gasteiger partial charge in [0.05, 0.1) is 12.5 Å². The van der Waals surface area contributed by atoms with Crippen LogP contribution in [0.5, 0.6) is 5.75 Å². The number of hydrogen-bond donors (Lipinski definition) is 0. The van der Waals surface area contributed by atoms with E-state index in [9.17, 15) is 0 Å². The Morgan fingerprint density at radius 2 is 2.00 bits per heavy atom. The van der Waals surface area contributed by atoms with Crippen LogP contribution in [0.3, 0.4) is 0 Å². The van der Waals surface area contributed by atoms with Crippen molar-refractivity contribution in [3.05, 3.63) is 58.9 Å². The molecule has 100 valence electrons. The Labute approximate surface area is 123 Å². The van der Waals surface area contributed by atoms with Gasteiger partial charge in [0.15, 0.2) is 0 Å². The number of pyridine rings is 1. The number of aromatic nitrogens is 1. The third-order valence-corrected chi connectivity index (χ3v) is 3.93. The molecule has 4 heteroatoms. The summed E-state index contributed by atoms with van der Waals surface area (Å²) >= 11 is 12.5. The lowest BCUT2D eigenvalue weighted by Gasteiger charge is -2.20. The predicted molar refractivity (Wildman–Crippen MR) is 79.3 cm³/mol. The van der Waals surface area contributed by atoms with Crippen LogP contribution in [0.15, 0.2) is 42.6 Å². The van der Waals surface area contributed by atoms with Gasteiger partial charge in [-0.15, -0.1) is 11.6 Å². The number of alkyl halides is 1. The Hall–Kier alpha value is -1.25. The summed E-state index contributed by atoms with van der Waals surface area (Å²) in [6.07, 6.45) is 1.77. The Bertz CT molecular complexity index is 545. The number of benzene rings is 1. The van der Waals surface area contributed by atoms with E-state index in [2.05, 4.69) is 4.98 Å². The lowest BCUT2D eigenvalue weighted by atomic mass is 9.96. The first-order valence-corrected chi connectivity index (χ1v) is 6.83. The van der Waals surface area contributed by atoms with E-state index in [-0.39, 0.29) is 11.3 Å². The molecule has 0 aliphatic rings. The maximum absolute atomic E-state index is 6.56. The standard InChI is InChI=1S/C15H15Cl2NO/c1-10(13-5-3-4-8-18-13)15(17)12-7-6-11(16)9-14(12)19-2/h3-10,15H,1-2H3. The molecule has 0 saturated carbocycles. The molecule has 2 rings (SSSR count). The summed E-state index contributed by atoms with van der Waals surface area (Å²) in [5.74, 6) is 0.785. The van der Waals surface area contributed by atoms with Crippen molar-refractivity contribution < 1.29 is 4.74 Å². The molecule has 2 unspecified atom stereocenters. The number of hydrogen-bond acceptors (Lipinski definition) is 2. The lowest BCUT2D eigenvalue weighted by Crippen LogP contribution is -2.06. The van der Waals surface area contributed by atoms with Crippen molar-refractivity contribution in [2.24, 2.45) is 0 Å². The predicted octanol–water partition coefficient (Wildman–Crippen LogP) is 4.83. The van der Waals surface area contributed by atoms with E-state index < -0.39 is 0 Å². The van der Waals surface area contributed by atoms with Crippen LogP contribution in [0.2, 0.25) is 5.02 Å². The molecule has 0 amide bonds. The van der Waals surface area contributed by atoms with Crippen molar-refractivity contribution in [3.8, 4) is 5.75 Å². The van der Waals surface area contributed by atoms with E-state index in [4.69, 9.17) is 27.9 Å². The van der Waals surface area contributed by atoms with Crippen LogP contribution < -0.4 is 4.74 Å². The summed E-state index contributed by atoms with van der Waals surface area (Å²) < 4.78 is 5.34. The lowest BCUT2D eigenvalue weighted by molar-refractivity contribution is 0.407. The molecule has 19 heavy (non-hydrogen) atoms. The quantitative estimate of drug-likeness (QED) is 0.754. The van der Waals surface area contributed by atoms with Crippen LogP contribution in [0, 0.1) is 0 Å². The first-order valence-electron chi connectivity index (χ1n) is 6.02. The van der Waals surface area contributed by atoms with E-state index in [0.29, 0.717) is 10.8 Å². The van der Waals surface area contributed by atoms with E-state index in [1.807, 2.05) is 37.3 Å². The van der Waals surface area contributed by atoms with E-state index in [1.54, 1.807) is 19.4 Å². The molecule has 2 aromatic rings. The normalized spacial score (nSPS) is 13.9. The van der Waals surface area contributed by atoms with Crippen molar-refractivity contribution in [1.82, 2.24) is 4.98 Å². The Morgan fingerprint density at radius 1 is 1.21 bits per heavy atom. The van der Waals surface area contributed by atoms with Crippen LogP contribution in [-0.2, 0) is 0 Å². The highest BCUT2D eigenvalue weighted by atomic mass is 35.5. The highest BCUT2D eigenvalue weighted by Crippen LogP contribution is 2.40. The van der Waals surface area contributed by atoms with Gasteiger partial charge in [-0.25, -0.2) is 0 Å². The minimum Gasteiger partial charge on any atom is -0.496 e. The van der Waals surface area contributed by atoms with Crippen molar-refractivity contribution in [3.63, 3.8) is 0 Å². The highest BCUT2D eigenvalue weighted by Gasteiger charge is 2.22. The SMILES string of the molecule is COc1cc(Cl)ccc1C(Cl)C(C)c1ccccn1. The topological polar surface area (TPSA) is 22.1 Å². The number of halogens is 2. The molecule has 0 spiro atoms. The number of nitrogens with zero attached hydrogens (tertiary/aromatic N) is 1. The zero-order chi connectivity index (χ0) is 13.8. The minimum absolute atomic E-state index is 0.0814. The van der Waals surface area contributed by atoms with Gasteiger partial charge in [0, 0.05) is 28.4 Å². The molecule has 2 nitrogen and oxygen atoms in total. The second-order valence-corrected chi connectivity index (χ2v) is 5.24. The van der Waals surface area contributed by atoms with Crippen molar-refractivity contribution >= 4 is 23.2 Å². The van der Waals surface area contributed by atoms with E-state index in [1.165, 1.54) is 0 Å². The van der Waals surface area contributed by atoms with Gasteiger partial charge in [-0.1, -0.05) is 30.7 Å². The second-order valence-electron chi connectivity index (χ2n) is 4.33. The van der Waals surface area contributed by atoms with E-state index >= 15 is 0 Å². The summed E-state index contributed by atoms with van der Waals surface area (Å²) in [5.41, 5.74) is 1.88. The number of ether oxygens (including phenoxy) is 1. The summed E-state index contributed by atoms with van der Waals surface area (Å²) in [5, 5.41) is 0.414. The maximum atomic E-state index is 6.56. The summed E-state index contributed by atoms with van der Waals surface area (Å²) in [6.45, 7) is 2.05. The van der Waals surface area contributed by atoms with Gasteiger partial charge >= 0.3 is 0 Å². The van der Waals surface area contributed by atoms with Gasteiger partial charge in [0.1, 0.15) is 5.75 Å². The Balaban J connectivity index is 2.31. The molecule has 0 N–H and O–H groups in total. The van der Waals surface area contributed by atoms with Crippen LogP contribution >= 0.6 is 23.2 Å². The molecule has 1 aromatic carbocycles. The fourth-order valence-corrected chi connectivity index (χ4v) is 2.45. The zero-order valence-corrected chi connectivity index (χ0v) is 12.3. The summed E-state index contributed by atoms with van der Waals surface area (Å²) in [4.78, 5) is 4.35. The number of methoxy groups -OCH3 is 1. The first kappa shape index (κ1) is 14.2. The van der Waals surface area contributed by atoms with Gasteiger partial charge in [0.2, 0.25) is 0 Å². The molecule has 2 atom stereocenters. The highest BCUT2D eigenvalue weighted by molar-refractivity contribution is 6.30. The third-order valence-electron chi connectivity index (χ3n) is 3.09. The first-order chi connectivity index (χ1) is 9.13. The average molecular weight is 296 g/mol. The van der Waals surface area contributed by atoms with Crippen molar-refractivity contribution in [2.45, 2.75) is 18.2 Å². The molecular weight excluding hydrogens is 281 g/mol. The molecule has 0 fully saturated rings. The minimum atomic E-state index is -0.220. The monoisotopic (exact) mass is 295 g/mol. The van der Waals surface area contributed by atoms with Crippen molar-refractivity contribution in [1.29, 1.82) is 0 Å². The van der Waals surface area contributed by atoms with Gasteiger partial charge in [-0.3, -0.25) is 4.98 Å². The van der Waals surface area contributed by atoms with Crippen LogP contribution in [0.25, 0.3) is 0 Å². The summed E-state index contributed by atoms with van der Waals surface area (Å²) in [7, 11) is 1.62. The van der Waals surface area contributed by atoms with Crippen LogP contribution in [0.1, 0.15) is 29.5 Å². The van der Waals surface area contributed by atoms with E-state index in [0.717, 1.165) is 11.3 Å².